The van der Waals surface area contributed by atoms with Gasteiger partial charge in [0.25, 0.3) is 0 Å². The number of nitrogens with one attached hydrogen (secondary N) is 1. The SMILES string of the molecule is COC(=O)c1sccc1NCc1csc(C2=CCN(C(=O)OC(C)(C)C)CC2)n1. The smallest absolute Gasteiger partial charge is 0.410 e. The van der Waals surface area contributed by atoms with Gasteiger partial charge in [-0.1, -0.05) is 6.08 Å². The van der Waals surface area contributed by atoms with Crippen LogP contribution in [0.2, 0.25) is 0 Å². The molecule has 1 aliphatic rings. The van der Waals surface area contributed by atoms with Crippen LogP contribution < -0.4 is 5.32 Å². The van der Waals surface area contributed by atoms with Gasteiger partial charge in [0.1, 0.15) is 15.5 Å². The van der Waals surface area contributed by atoms with Crippen LogP contribution in [0, 0.1) is 0 Å². The summed E-state index contributed by atoms with van der Waals surface area (Å²) in [4.78, 5) is 30.9. The molecule has 0 atom stereocenters. The molecule has 0 saturated carbocycles. The maximum Gasteiger partial charge on any atom is 0.410 e. The number of hydrogen-bond donors (Lipinski definition) is 1. The zero-order valence-corrected chi connectivity index (χ0v) is 18.6. The number of rotatable bonds is 5. The highest BCUT2D eigenvalue weighted by Crippen LogP contribution is 2.27. The number of ether oxygens (including phenoxy) is 2. The second-order valence-corrected chi connectivity index (χ2v) is 9.33. The van der Waals surface area contributed by atoms with Crippen LogP contribution in [-0.2, 0) is 16.0 Å². The summed E-state index contributed by atoms with van der Waals surface area (Å²) in [6.45, 7) is 7.26. The highest BCUT2D eigenvalue weighted by Gasteiger charge is 2.24. The molecule has 156 valence electrons. The zero-order valence-electron chi connectivity index (χ0n) is 17.0. The Balaban J connectivity index is 1.57. The minimum atomic E-state index is -0.492. The van der Waals surface area contributed by atoms with Crippen molar-refractivity contribution in [3.05, 3.63) is 38.5 Å². The van der Waals surface area contributed by atoms with Gasteiger partial charge in [0.15, 0.2) is 0 Å². The van der Waals surface area contributed by atoms with E-state index in [1.54, 1.807) is 16.2 Å². The number of hydrogen-bond acceptors (Lipinski definition) is 8. The lowest BCUT2D eigenvalue weighted by Crippen LogP contribution is -2.39. The van der Waals surface area contributed by atoms with Gasteiger partial charge in [0, 0.05) is 18.5 Å². The van der Waals surface area contributed by atoms with Crippen molar-refractivity contribution < 1.29 is 19.1 Å². The van der Waals surface area contributed by atoms with Crippen molar-refractivity contribution in [1.29, 1.82) is 0 Å². The molecule has 3 rings (SSSR count). The maximum absolute atomic E-state index is 12.2. The van der Waals surface area contributed by atoms with E-state index in [9.17, 15) is 9.59 Å². The highest BCUT2D eigenvalue weighted by molar-refractivity contribution is 7.12. The molecule has 3 heterocycles. The Morgan fingerprint density at radius 3 is 2.76 bits per heavy atom. The monoisotopic (exact) mass is 435 g/mol. The standard InChI is InChI=1S/C20H25N3O4S2/c1-20(2,3)27-19(25)23-8-5-13(6-9-23)17-22-14(12-29-17)11-21-15-7-10-28-16(15)18(24)26-4/h5,7,10,12,21H,6,8-9,11H2,1-4H3. The van der Waals surface area contributed by atoms with Crippen LogP contribution in [0.5, 0.6) is 0 Å². The molecular formula is C20H25N3O4S2. The molecule has 0 fully saturated rings. The van der Waals surface area contributed by atoms with Crippen molar-refractivity contribution in [3.8, 4) is 0 Å². The van der Waals surface area contributed by atoms with E-state index in [4.69, 9.17) is 14.5 Å². The molecule has 0 saturated heterocycles. The van der Waals surface area contributed by atoms with Gasteiger partial charge in [-0.15, -0.1) is 22.7 Å². The van der Waals surface area contributed by atoms with Gasteiger partial charge in [0.05, 0.1) is 25.0 Å². The van der Waals surface area contributed by atoms with Gasteiger partial charge in [0.2, 0.25) is 0 Å². The topological polar surface area (TPSA) is 80.8 Å². The molecule has 1 N–H and O–H groups in total. The van der Waals surface area contributed by atoms with E-state index in [-0.39, 0.29) is 12.1 Å². The number of thiophene rings is 1. The second-order valence-electron chi connectivity index (χ2n) is 7.56. The van der Waals surface area contributed by atoms with Gasteiger partial charge in [-0.2, -0.15) is 0 Å². The Kier molecular flexibility index (Phi) is 6.59. The van der Waals surface area contributed by atoms with E-state index >= 15 is 0 Å². The molecule has 1 aliphatic heterocycles. The Hall–Kier alpha value is -2.39. The van der Waals surface area contributed by atoms with E-state index in [1.165, 1.54) is 18.4 Å². The van der Waals surface area contributed by atoms with Crippen LogP contribution in [0.15, 0.2) is 22.9 Å². The number of carbonyl (C=O) groups is 2. The third-order valence-electron chi connectivity index (χ3n) is 4.18. The fraction of sp³-hybridized carbons (Fsp3) is 0.450. The average Bonchev–Trinajstić information content (AvgIpc) is 3.34. The van der Waals surface area contributed by atoms with Gasteiger partial charge >= 0.3 is 12.1 Å². The number of esters is 1. The van der Waals surface area contributed by atoms with Crippen molar-refractivity contribution in [1.82, 2.24) is 9.88 Å². The second kappa shape index (κ2) is 8.96. The summed E-state index contributed by atoms with van der Waals surface area (Å²) in [5, 5.41) is 8.07. The van der Waals surface area contributed by atoms with Crippen LogP contribution in [0.4, 0.5) is 10.5 Å². The highest BCUT2D eigenvalue weighted by atomic mass is 32.1. The van der Waals surface area contributed by atoms with Crippen LogP contribution >= 0.6 is 22.7 Å². The third-order valence-corrected chi connectivity index (χ3v) is 6.04. The maximum atomic E-state index is 12.2. The van der Waals surface area contributed by atoms with E-state index in [1.807, 2.05) is 43.7 Å². The van der Waals surface area contributed by atoms with Crippen LogP contribution in [0.3, 0.4) is 0 Å². The Morgan fingerprint density at radius 1 is 1.31 bits per heavy atom. The largest absolute Gasteiger partial charge is 0.465 e. The van der Waals surface area contributed by atoms with Gasteiger partial charge in [-0.3, -0.25) is 0 Å². The number of aromatic nitrogens is 1. The summed E-state index contributed by atoms with van der Waals surface area (Å²) in [7, 11) is 1.38. The molecular weight excluding hydrogens is 410 g/mol. The van der Waals surface area contributed by atoms with Gasteiger partial charge < -0.3 is 19.7 Å². The fourth-order valence-corrected chi connectivity index (χ4v) is 4.45. The van der Waals surface area contributed by atoms with E-state index < -0.39 is 5.60 Å². The lowest BCUT2D eigenvalue weighted by atomic mass is 10.1. The summed E-state index contributed by atoms with van der Waals surface area (Å²) >= 11 is 2.93. The first-order valence-corrected chi connectivity index (χ1v) is 11.0. The van der Waals surface area contributed by atoms with Crippen molar-refractivity contribution in [2.24, 2.45) is 0 Å². The normalized spacial score (nSPS) is 14.3. The molecule has 0 spiro atoms. The van der Waals surface area contributed by atoms with E-state index in [0.29, 0.717) is 24.5 Å². The average molecular weight is 436 g/mol. The Bertz CT molecular complexity index is 911. The molecule has 0 bridgehead atoms. The molecule has 0 unspecified atom stereocenters. The molecule has 1 amide bonds. The molecule has 2 aromatic rings. The summed E-state index contributed by atoms with van der Waals surface area (Å²) in [5.41, 5.74) is 2.31. The lowest BCUT2D eigenvalue weighted by Gasteiger charge is -2.29. The minimum Gasteiger partial charge on any atom is -0.465 e. The molecule has 0 aromatic carbocycles. The first-order valence-electron chi connectivity index (χ1n) is 9.28. The Labute approximate surface area is 178 Å². The molecule has 0 aliphatic carbocycles. The fourth-order valence-electron chi connectivity index (χ4n) is 2.78. The molecule has 9 heteroatoms. The summed E-state index contributed by atoms with van der Waals surface area (Å²) in [5.74, 6) is -0.344. The number of anilines is 1. The van der Waals surface area contributed by atoms with E-state index in [2.05, 4.69) is 5.32 Å². The molecule has 29 heavy (non-hydrogen) atoms. The number of methoxy groups -OCH3 is 1. The van der Waals surface area contributed by atoms with Crippen LogP contribution in [0.1, 0.15) is 47.6 Å². The predicted octanol–water partition coefficient (Wildman–Crippen LogP) is 4.63. The van der Waals surface area contributed by atoms with Gasteiger partial charge in [-0.25, -0.2) is 14.6 Å². The predicted molar refractivity (Wildman–Crippen MR) is 116 cm³/mol. The summed E-state index contributed by atoms with van der Waals surface area (Å²) < 4.78 is 10.2. The van der Waals surface area contributed by atoms with E-state index in [0.717, 1.165) is 28.4 Å². The number of amides is 1. The minimum absolute atomic E-state index is 0.283. The number of nitrogens with zero attached hydrogens (tertiary/aromatic N) is 2. The van der Waals surface area contributed by atoms with Crippen molar-refractivity contribution >= 4 is 46.0 Å². The van der Waals surface area contributed by atoms with Crippen LogP contribution in [-0.4, -0.2) is 47.7 Å². The first kappa shape index (κ1) is 21.3. The quantitative estimate of drug-likeness (QED) is 0.690. The van der Waals surface area contributed by atoms with Crippen molar-refractivity contribution in [3.63, 3.8) is 0 Å². The molecule has 7 nitrogen and oxygen atoms in total. The molecule has 0 radical (unpaired) electrons. The van der Waals surface area contributed by atoms with Gasteiger partial charge in [-0.05, 0) is 44.2 Å². The van der Waals surface area contributed by atoms with Crippen molar-refractivity contribution in [2.45, 2.75) is 39.3 Å². The lowest BCUT2D eigenvalue weighted by molar-refractivity contribution is 0.0270. The molecule has 2 aromatic heterocycles. The number of carbonyl (C=O) groups excluding carboxylic acids is 2. The van der Waals surface area contributed by atoms with Crippen molar-refractivity contribution in [2.75, 3.05) is 25.5 Å². The summed E-state index contributed by atoms with van der Waals surface area (Å²) in [6.07, 6.45) is 2.50. The zero-order chi connectivity index (χ0) is 21.0. The Morgan fingerprint density at radius 2 is 2.10 bits per heavy atom. The third kappa shape index (κ3) is 5.57. The number of thiazole rings is 1. The summed E-state index contributed by atoms with van der Waals surface area (Å²) in [6, 6.07) is 1.86. The first-order chi connectivity index (χ1) is 13.8. The van der Waals surface area contributed by atoms with Crippen LogP contribution in [0.25, 0.3) is 5.57 Å².